The van der Waals surface area contributed by atoms with Crippen molar-refractivity contribution in [3.05, 3.63) is 79.6 Å². The minimum atomic E-state index is -0.224. The Morgan fingerprint density at radius 2 is 1.92 bits per heavy atom. The van der Waals surface area contributed by atoms with Crippen molar-refractivity contribution < 1.29 is 14.3 Å². The molecule has 6 rings (SSSR count). The zero-order valence-corrected chi connectivity index (χ0v) is 22.4. The molecule has 0 fully saturated rings. The lowest BCUT2D eigenvalue weighted by Crippen LogP contribution is -2.38. The Bertz CT molecular complexity index is 1430. The number of fused-ring (bicyclic) bond motifs is 5. The third-order valence-electron chi connectivity index (χ3n) is 6.97. The fourth-order valence-electron chi connectivity index (χ4n) is 5.28. The lowest BCUT2D eigenvalue weighted by Gasteiger charge is -2.30. The molecule has 9 heteroatoms. The summed E-state index contributed by atoms with van der Waals surface area (Å²) in [6, 6.07) is 11.3. The minimum Gasteiger partial charge on any atom is -0.495 e. The predicted octanol–water partition coefficient (Wildman–Crippen LogP) is 7.29. The monoisotopic (exact) mass is 539 g/mol. The Labute approximate surface area is 223 Å². The number of carbonyl (C=O) groups is 1. The molecule has 2 amide bonds. The molecule has 186 valence electrons. The number of aryl methyl sites for hydroxylation is 1. The van der Waals surface area contributed by atoms with Crippen molar-refractivity contribution >= 4 is 46.0 Å². The fraction of sp³-hybridized carbons (Fsp3) is 0.296. The van der Waals surface area contributed by atoms with Crippen molar-refractivity contribution in [1.82, 2.24) is 9.47 Å². The molecule has 4 aromatic rings. The van der Waals surface area contributed by atoms with Crippen molar-refractivity contribution in [2.45, 2.75) is 38.3 Å². The van der Waals surface area contributed by atoms with Gasteiger partial charge in [0, 0.05) is 27.6 Å². The first-order chi connectivity index (χ1) is 17.6. The van der Waals surface area contributed by atoms with Gasteiger partial charge in [-0.15, -0.1) is 22.7 Å². The second-order valence-electron chi connectivity index (χ2n) is 8.96. The van der Waals surface area contributed by atoms with E-state index in [0.29, 0.717) is 28.8 Å². The highest BCUT2D eigenvalue weighted by Gasteiger charge is 2.36. The van der Waals surface area contributed by atoms with E-state index >= 15 is 0 Å². The van der Waals surface area contributed by atoms with Gasteiger partial charge in [0.15, 0.2) is 0 Å². The van der Waals surface area contributed by atoms with Crippen LogP contribution in [-0.2, 0) is 19.4 Å². The average molecular weight is 540 g/mol. The number of hydrogen-bond donors (Lipinski definition) is 1. The number of methoxy groups -OCH3 is 2. The molecule has 1 aliphatic carbocycles. The quantitative estimate of drug-likeness (QED) is 0.296. The summed E-state index contributed by atoms with van der Waals surface area (Å²) in [6.07, 6.45) is 6.73. The number of ether oxygens (including phenoxy) is 2. The van der Waals surface area contributed by atoms with Crippen LogP contribution < -0.4 is 14.8 Å². The van der Waals surface area contributed by atoms with Crippen molar-refractivity contribution in [1.29, 1.82) is 0 Å². The van der Waals surface area contributed by atoms with Gasteiger partial charge in [0.2, 0.25) is 0 Å². The summed E-state index contributed by atoms with van der Waals surface area (Å²) in [4.78, 5) is 18.6. The largest absolute Gasteiger partial charge is 0.495 e. The van der Waals surface area contributed by atoms with Crippen molar-refractivity contribution in [3.63, 3.8) is 0 Å². The third-order valence-corrected chi connectivity index (χ3v) is 9.52. The molecule has 3 aromatic heterocycles. The topological polar surface area (TPSA) is 55.7 Å². The molecule has 0 saturated carbocycles. The highest BCUT2D eigenvalue weighted by atomic mass is 35.5. The number of nitrogens with zero attached hydrogens (tertiary/aromatic N) is 2. The number of nitrogens with one attached hydrogen (secondary N) is 1. The van der Waals surface area contributed by atoms with Crippen LogP contribution in [0.5, 0.6) is 11.5 Å². The van der Waals surface area contributed by atoms with Crippen LogP contribution in [0.15, 0.2) is 48.0 Å². The molecule has 36 heavy (non-hydrogen) atoms. The summed E-state index contributed by atoms with van der Waals surface area (Å²) in [6.45, 7) is 0.531. The Morgan fingerprint density at radius 3 is 2.69 bits per heavy atom. The molecule has 0 spiro atoms. The predicted molar refractivity (Wildman–Crippen MR) is 146 cm³/mol. The van der Waals surface area contributed by atoms with Crippen LogP contribution in [0.3, 0.4) is 0 Å². The summed E-state index contributed by atoms with van der Waals surface area (Å²) in [7, 11) is 3.12. The van der Waals surface area contributed by atoms with Crippen LogP contribution in [0.1, 0.15) is 45.5 Å². The Morgan fingerprint density at radius 1 is 1.08 bits per heavy atom. The van der Waals surface area contributed by atoms with Gasteiger partial charge in [-0.1, -0.05) is 17.7 Å². The standard InChI is InChI=1S/C27H26ClN3O3S2/c1-33-21-14-22(34-2)19(13-18(21)28)29-27(32)31-15-17-16-7-3-4-9-23(16)36-26(17)30-11-5-8-20(30)25(31)24-10-6-12-35-24/h5-6,8,10-14,25H,3-4,7,9,15H2,1-2H3,(H,29,32). The first-order valence-corrected chi connectivity index (χ1v) is 14.0. The zero-order valence-electron chi connectivity index (χ0n) is 20.0. The number of anilines is 1. The molecule has 6 nitrogen and oxygen atoms in total. The van der Waals surface area contributed by atoms with Gasteiger partial charge in [0.25, 0.3) is 0 Å². The molecule has 1 N–H and O–H groups in total. The van der Waals surface area contributed by atoms with E-state index in [4.69, 9.17) is 21.1 Å². The van der Waals surface area contributed by atoms with E-state index in [1.807, 2.05) is 22.3 Å². The highest BCUT2D eigenvalue weighted by molar-refractivity contribution is 7.15. The smallest absolute Gasteiger partial charge is 0.323 e. The first-order valence-electron chi connectivity index (χ1n) is 11.9. The lowest BCUT2D eigenvalue weighted by atomic mass is 9.95. The van der Waals surface area contributed by atoms with E-state index in [2.05, 4.69) is 39.7 Å². The summed E-state index contributed by atoms with van der Waals surface area (Å²) in [5.74, 6) is 0.981. The maximum atomic E-state index is 14.1. The van der Waals surface area contributed by atoms with Gasteiger partial charge in [-0.05, 0) is 60.9 Å². The number of benzene rings is 1. The van der Waals surface area contributed by atoms with Gasteiger partial charge in [0.05, 0.1) is 37.2 Å². The van der Waals surface area contributed by atoms with Gasteiger partial charge in [-0.2, -0.15) is 0 Å². The maximum Gasteiger partial charge on any atom is 0.323 e. The van der Waals surface area contributed by atoms with Gasteiger partial charge in [-0.3, -0.25) is 0 Å². The van der Waals surface area contributed by atoms with Crippen LogP contribution in [-0.4, -0.2) is 29.7 Å². The number of urea groups is 1. The Kier molecular flexibility index (Phi) is 6.19. The number of carbonyl (C=O) groups excluding carboxylic acids is 1. The van der Waals surface area contributed by atoms with Crippen molar-refractivity contribution in [3.8, 4) is 16.5 Å². The molecule has 1 aromatic carbocycles. The molecule has 0 radical (unpaired) electrons. The molecule has 0 bridgehead atoms. The Balaban J connectivity index is 1.46. The summed E-state index contributed by atoms with van der Waals surface area (Å²) in [5, 5.41) is 6.80. The second kappa shape index (κ2) is 9.50. The molecule has 1 atom stereocenters. The average Bonchev–Trinajstić information content (AvgIpc) is 3.64. The van der Waals surface area contributed by atoms with Crippen LogP contribution in [0.25, 0.3) is 5.00 Å². The third kappa shape index (κ3) is 3.88. The van der Waals surface area contributed by atoms with Crippen LogP contribution in [0, 0.1) is 0 Å². The molecular weight excluding hydrogens is 514 g/mol. The molecule has 1 unspecified atom stereocenters. The normalized spacial score (nSPS) is 16.5. The van der Waals surface area contributed by atoms with E-state index in [1.165, 1.54) is 33.8 Å². The van der Waals surface area contributed by atoms with Gasteiger partial charge >= 0.3 is 6.03 Å². The van der Waals surface area contributed by atoms with E-state index in [0.717, 1.165) is 23.4 Å². The minimum absolute atomic E-state index is 0.204. The van der Waals surface area contributed by atoms with E-state index in [-0.39, 0.29) is 12.1 Å². The summed E-state index contributed by atoms with van der Waals surface area (Å²) < 4.78 is 13.2. The van der Waals surface area contributed by atoms with E-state index in [9.17, 15) is 4.79 Å². The van der Waals surface area contributed by atoms with E-state index in [1.54, 1.807) is 37.7 Å². The summed E-state index contributed by atoms with van der Waals surface area (Å²) >= 11 is 9.95. The number of amides is 2. The van der Waals surface area contributed by atoms with Gasteiger partial charge in [0.1, 0.15) is 22.5 Å². The SMILES string of the molecule is COc1cc(OC)c(NC(=O)N2Cc3c(sc4c3CCCC4)-n3cccc3C2c2cccs2)cc1Cl. The maximum absolute atomic E-state index is 14.1. The number of halogens is 1. The van der Waals surface area contributed by atoms with Crippen LogP contribution in [0.4, 0.5) is 10.5 Å². The number of rotatable bonds is 4. The first kappa shape index (κ1) is 23.5. The molecular formula is C27H26ClN3O3S2. The fourth-order valence-corrected chi connectivity index (χ4v) is 7.77. The van der Waals surface area contributed by atoms with Crippen LogP contribution >= 0.6 is 34.3 Å². The zero-order chi connectivity index (χ0) is 24.8. The summed E-state index contributed by atoms with van der Waals surface area (Å²) in [5.41, 5.74) is 4.28. The number of hydrogen-bond acceptors (Lipinski definition) is 5. The molecule has 0 saturated heterocycles. The molecule has 2 aliphatic rings. The van der Waals surface area contributed by atoms with E-state index < -0.39 is 0 Å². The highest BCUT2D eigenvalue weighted by Crippen LogP contribution is 2.45. The number of aromatic nitrogens is 1. The molecule has 4 heterocycles. The van der Waals surface area contributed by atoms with Gasteiger partial charge in [-0.25, -0.2) is 4.79 Å². The van der Waals surface area contributed by atoms with Crippen LogP contribution in [0.2, 0.25) is 5.02 Å². The van der Waals surface area contributed by atoms with Crippen molar-refractivity contribution in [2.24, 2.45) is 0 Å². The number of thiophene rings is 2. The van der Waals surface area contributed by atoms with Gasteiger partial charge < -0.3 is 24.3 Å². The Hall–Kier alpha value is -2.94. The lowest BCUT2D eigenvalue weighted by molar-refractivity contribution is 0.195. The molecule has 1 aliphatic heterocycles. The second-order valence-corrected chi connectivity index (χ2v) is 11.4. The van der Waals surface area contributed by atoms with Crippen molar-refractivity contribution in [2.75, 3.05) is 19.5 Å².